The summed E-state index contributed by atoms with van der Waals surface area (Å²) in [6.07, 6.45) is 0. The third-order valence-electron chi connectivity index (χ3n) is 5.09. The highest BCUT2D eigenvalue weighted by molar-refractivity contribution is 7.98. The topological polar surface area (TPSA) is 68.5 Å². The molecule has 1 heterocycles. The third kappa shape index (κ3) is 5.78. The number of hydrogen-bond donors (Lipinski definition) is 1. The summed E-state index contributed by atoms with van der Waals surface area (Å²) in [6, 6.07) is 24.3. The molecule has 0 radical (unpaired) electrons. The molecule has 7 heteroatoms. The van der Waals surface area contributed by atoms with Crippen molar-refractivity contribution in [3.8, 4) is 0 Å². The van der Waals surface area contributed by atoms with Gasteiger partial charge in [-0.2, -0.15) is 0 Å². The van der Waals surface area contributed by atoms with Crippen LogP contribution in [0, 0.1) is 0 Å². The fourth-order valence-corrected chi connectivity index (χ4v) is 4.45. The van der Waals surface area contributed by atoms with Crippen molar-refractivity contribution < 1.29 is 18.7 Å². The first-order chi connectivity index (χ1) is 16.0. The zero-order valence-electron chi connectivity index (χ0n) is 17.9. The van der Waals surface area contributed by atoms with Gasteiger partial charge in [0.1, 0.15) is 5.58 Å². The Bertz CT molecular complexity index is 1250. The summed E-state index contributed by atoms with van der Waals surface area (Å²) in [5.41, 5.74) is 2.29. The second-order valence-corrected chi connectivity index (χ2v) is 8.91. The molecule has 4 rings (SSSR count). The number of carbonyl (C=O) groups excluding carboxylic acids is 2. The van der Waals surface area contributed by atoms with Crippen molar-refractivity contribution in [1.29, 1.82) is 0 Å². The van der Waals surface area contributed by atoms with E-state index in [1.165, 1.54) is 0 Å². The van der Waals surface area contributed by atoms with Crippen LogP contribution in [-0.4, -0.2) is 18.5 Å². The van der Waals surface area contributed by atoms with Crippen molar-refractivity contribution in [2.45, 2.75) is 23.6 Å². The second-order valence-electron chi connectivity index (χ2n) is 7.42. The molecule has 0 aliphatic rings. The van der Waals surface area contributed by atoms with Gasteiger partial charge < -0.3 is 14.5 Å². The van der Waals surface area contributed by atoms with Crippen LogP contribution < -0.4 is 5.32 Å². The monoisotopic (exact) mass is 479 g/mol. The lowest BCUT2D eigenvalue weighted by Gasteiger charge is -2.14. The number of fused-ring (bicyclic) bond motifs is 1. The van der Waals surface area contributed by atoms with E-state index < -0.39 is 12.6 Å². The van der Waals surface area contributed by atoms with Crippen LogP contribution >= 0.6 is 23.4 Å². The van der Waals surface area contributed by atoms with Crippen LogP contribution in [0.4, 0.5) is 0 Å². The maximum atomic E-state index is 12.8. The van der Waals surface area contributed by atoms with Crippen LogP contribution in [0.3, 0.4) is 0 Å². The highest BCUT2D eigenvalue weighted by atomic mass is 35.5. The Balaban J connectivity index is 1.44. The number of benzene rings is 3. The fourth-order valence-electron chi connectivity index (χ4n) is 3.40. The molecular formula is C26H22ClNO4S. The minimum atomic E-state index is -0.666. The van der Waals surface area contributed by atoms with E-state index in [-0.39, 0.29) is 17.7 Å². The first kappa shape index (κ1) is 23.0. The number of furan rings is 1. The number of thioether (sulfide) groups is 1. The van der Waals surface area contributed by atoms with Gasteiger partial charge in [0.05, 0.1) is 6.04 Å². The van der Waals surface area contributed by atoms with E-state index in [0.717, 1.165) is 21.4 Å². The SMILES string of the molecule is C[C@H](NC(=O)COC(=O)c1oc2ccccc2c1CSc1ccc(Cl)cc1)c1ccccc1. The van der Waals surface area contributed by atoms with Crippen molar-refractivity contribution in [2.24, 2.45) is 0 Å². The molecule has 0 aliphatic heterocycles. The predicted molar refractivity (Wildman–Crippen MR) is 131 cm³/mol. The number of rotatable bonds is 8. The van der Waals surface area contributed by atoms with E-state index in [1.807, 2.05) is 79.7 Å². The van der Waals surface area contributed by atoms with Gasteiger partial charge in [0.25, 0.3) is 5.91 Å². The van der Waals surface area contributed by atoms with Crippen LogP contribution in [0.2, 0.25) is 5.02 Å². The Morgan fingerprint density at radius 1 is 1.00 bits per heavy atom. The molecule has 0 bridgehead atoms. The molecule has 0 saturated heterocycles. The number of hydrogen-bond acceptors (Lipinski definition) is 5. The summed E-state index contributed by atoms with van der Waals surface area (Å²) in [7, 11) is 0. The van der Waals surface area contributed by atoms with Crippen molar-refractivity contribution in [1.82, 2.24) is 5.32 Å². The largest absolute Gasteiger partial charge is 0.450 e. The third-order valence-corrected chi connectivity index (χ3v) is 6.38. The number of esters is 1. The van der Waals surface area contributed by atoms with E-state index in [9.17, 15) is 9.59 Å². The fraction of sp³-hybridized carbons (Fsp3) is 0.154. The van der Waals surface area contributed by atoms with E-state index in [0.29, 0.717) is 16.4 Å². The first-order valence-corrected chi connectivity index (χ1v) is 11.8. The minimum Gasteiger partial charge on any atom is -0.450 e. The van der Waals surface area contributed by atoms with Crippen molar-refractivity contribution in [3.05, 3.63) is 101 Å². The van der Waals surface area contributed by atoms with Crippen molar-refractivity contribution in [3.63, 3.8) is 0 Å². The summed E-state index contributed by atoms with van der Waals surface area (Å²) in [6.45, 7) is 1.48. The van der Waals surface area contributed by atoms with Crippen molar-refractivity contribution >= 4 is 46.2 Å². The van der Waals surface area contributed by atoms with Gasteiger partial charge in [-0.1, -0.05) is 60.1 Å². The van der Waals surface area contributed by atoms with Crippen LogP contribution in [0.1, 0.15) is 34.6 Å². The molecule has 33 heavy (non-hydrogen) atoms. The number of amides is 1. The summed E-state index contributed by atoms with van der Waals surface area (Å²) >= 11 is 7.52. The molecule has 5 nitrogen and oxygen atoms in total. The Hall–Kier alpha value is -3.22. The summed E-state index contributed by atoms with van der Waals surface area (Å²) in [5, 5.41) is 4.34. The Morgan fingerprint density at radius 2 is 1.70 bits per heavy atom. The van der Waals surface area contributed by atoms with Crippen LogP contribution in [0.5, 0.6) is 0 Å². The van der Waals surface area contributed by atoms with E-state index in [4.69, 9.17) is 20.8 Å². The van der Waals surface area contributed by atoms with Crippen LogP contribution in [-0.2, 0) is 15.3 Å². The molecule has 1 atom stereocenters. The molecule has 0 spiro atoms. The number of para-hydroxylation sites is 1. The molecule has 1 N–H and O–H groups in total. The quantitative estimate of drug-likeness (QED) is 0.233. The molecule has 168 valence electrons. The zero-order chi connectivity index (χ0) is 23.2. The van der Waals surface area contributed by atoms with Gasteiger partial charge in [-0.3, -0.25) is 4.79 Å². The van der Waals surface area contributed by atoms with Gasteiger partial charge in [0.2, 0.25) is 5.76 Å². The molecule has 0 unspecified atom stereocenters. The number of ether oxygens (including phenoxy) is 1. The van der Waals surface area contributed by atoms with E-state index in [2.05, 4.69) is 5.32 Å². The van der Waals surface area contributed by atoms with Gasteiger partial charge in [-0.05, 0) is 42.8 Å². The Kier molecular flexibility index (Phi) is 7.37. The second kappa shape index (κ2) is 10.6. The predicted octanol–water partition coefficient (Wildman–Crippen LogP) is 6.41. The van der Waals surface area contributed by atoms with Gasteiger partial charge in [-0.25, -0.2) is 4.79 Å². The molecule has 1 amide bonds. The maximum absolute atomic E-state index is 12.8. The molecule has 4 aromatic rings. The lowest BCUT2D eigenvalue weighted by molar-refractivity contribution is -0.124. The van der Waals surface area contributed by atoms with Crippen LogP contribution in [0.15, 0.2) is 88.2 Å². The Morgan fingerprint density at radius 3 is 2.45 bits per heavy atom. The highest BCUT2D eigenvalue weighted by Crippen LogP contribution is 2.33. The van der Waals surface area contributed by atoms with Gasteiger partial charge >= 0.3 is 5.97 Å². The maximum Gasteiger partial charge on any atom is 0.375 e. The summed E-state index contributed by atoms with van der Waals surface area (Å²) in [4.78, 5) is 26.2. The van der Waals surface area contributed by atoms with E-state index in [1.54, 1.807) is 17.8 Å². The first-order valence-electron chi connectivity index (χ1n) is 10.4. The molecule has 0 saturated carbocycles. The van der Waals surface area contributed by atoms with E-state index >= 15 is 0 Å². The average molecular weight is 480 g/mol. The molecule has 1 aromatic heterocycles. The van der Waals surface area contributed by atoms with Crippen molar-refractivity contribution in [2.75, 3.05) is 6.61 Å². The smallest absolute Gasteiger partial charge is 0.375 e. The molecule has 3 aromatic carbocycles. The lowest BCUT2D eigenvalue weighted by Crippen LogP contribution is -2.31. The summed E-state index contributed by atoms with van der Waals surface area (Å²) < 4.78 is 11.1. The van der Waals surface area contributed by atoms with Crippen LogP contribution in [0.25, 0.3) is 11.0 Å². The molecular weight excluding hydrogens is 458 g/mol. The number of carbonyl (C=O) groups is 2. The molecule has 0 fully saturated rings. The number of nitrogens with one attached hydrogen (secondary N) is 1. The number of halogens is 1. The lowest BCUT2D eigenvalue weighted by atomic mass is 10.1. The van der Waals surface area contributed by atoms with Gasteiger partial charge in [-0.15, -0.1) is 11.8 Å². The zero-order valence-corrected chi connectivity index (χ0v) is 19.5. The normalized spacial score (nSPS) is 11.8. The summed E-state index contributed by atoms with van der Waals surface area (Å²) in [5.74, 6) is -0.435. The standard InChI is InChI=1S/C26H22ClNO4S/c1-17(18-7-3-2-4-8-18)28-24(29)15-31-26(30)25-22(21-9-5-6-10-23(21)32-25)16-33-20-13-11-19(27)12-14-20/h2-14,17H,15-16H2,1H3,(H,28,29)/t17-/m0/s1. The average Bonchev–Trinajstić information content (AvgIpc) is 3.21. The minimum absolute atomic E-state index is 0.113. The van der Waals surface area contributed by atoms with Gasteiger partial charge in [0, 0.05) is 26.6 Å². The Labute approximate surface area is 201 Å². The highest BCUT2D eigenvalue weighted by Gasteiger charge is 2.23. The van der Waals surface area contributed by atoms with Gasteiger partial charge in [0.15, 0.2) is 6.61 Å². The molecule has 0 aliphatic carbocycles.